The van der Waals surface area contributed by atoms with Gasteiger partial charge >= 0.3 is 0 Å². The number of benzene rings is 1. The molecular weight excluding hydrogens is 296 g/mol. The van der Waals surface area contributed by atoms with Crippen LogP contribution in [0, 0.1) is 16.0 Å². The molecule has 1 aromatic rings. The summed E-state index contributed by atoms with van der Waals surface area (Å²) < 4.78 is 0. The Morgan fingerprint density at radius 1 is 1.43 bits per heavy atom. The molecule has 2 atom stereocenters. The van der Waals surface area contributed by atoms with Crippen LogP contribution in [-0.4, -0.2) is 28.6 Å². The van der Waals surface area contributed by atoms with Gasteiger partial charge in [-0.3, -0.25) is 14.9 Å². The number of nitrogens with zero attached hydrogens (tertiary/aromatic N) is 1. The van der Waals surface area contributed by atoms with Crippen molar-refractivity contribution in [1.82, 2.24) is 5.32 Å². The van der Waals surface area contributed by atoms with E-state index in [1.165, 1.54) is 18.2 Å². The molecule has 2 rings (SSSR count). The fourth-order valence-corrected chi connectivity index (χ4v) is 2.88. The molecule has 0 bridgehead atoms. The molecule has 1 fully saturated rings. The van der Waals surface area contributed by atoms with Gasteiger partial charge in [0.15, 0.2) is 0 Å². The second-order valence-corrected chi connectivity index (χ2v) is 5.62. The van der Waals surface area contributed by atoms with Crippen LogP contribution in [0.5, 0.6) is 0 Å². The zero-order valence-electron chi connectivity index (χ0n) is 11.4. The zero-order valence-corrected chi connectivity index (χ0v) is 12.2. The number of amides is 1. The molecule has 0 radical (unpaired) electrons. The van der Waals surface area contributed by atoms with Gasteiger partial charge in [0.05, 0.1) is 16.0 Å². The van der Waals surface area contributed by atoms with E-state index in [0.29, 0.717) is 6.54 Å². The van der Waals surface area contributed by atoms with Gasteiger partial charge in [0.25, 0.3) is 11.6 Å². The minimum absolute atomic E-state index is 0.00996. The molecule has 2 unspecified atom stereocenters. The fraction of sp³-hybridized carbons (Fsp3) is 0.500. The van der Waals surface area contributed by atoms with Crippen LogP contribution in [0.2, 0.25) is 5.02 Å². The van der Waals surface area contributed by atoms with Crippen LogP contribution in [0.3, 0.4) is 0 Å². The van der Waals surface area contributed by atoms with E-state index in [9.17, 15) is 20.0 Å². The third-order valence-electron chi connectivity index (χ3n) is 3.81. The molecular formula is C14H17ClN2O4. The smallest absolute Gasteiger partial charge is 0.283 e. The third-order valence-corrected chi connectivity index (χ3v) is 4.12. The molecule has 1 saturated carbocycles. The van der Waals surface area contributed by atoms with E-state index < -0.39 is 16.9 Å². The first-order chi connectivity index (χ1) is 10.0. The Bertz CT molecular complexity index is 550. The number of aliphatic hydroxyl groups excluding tert-OH is 1. The lowest BCUT2D eigenvalue weighted by Crippen LogP contribution is -2.37. The second kappa shape index (κ2) is 6.87. The number of carbonyl (C=O) groups is 1. The maximum absolute atomic E-state index is 12.2. The molecule has 2 N–H and O–H groups in total. The van der Waals surface area contributed by atoms with Gasteiger partial charge in [0.2, 0.25) is 0 Å². The first-order valence-corrected chi connectivity index (χ1v) is 7.27. The Hall–Kier alpha value is -1.66. The van der Waals surface area contributed by atoms with E-state index in [-0.39, 0.29) is 22.2 Å². The van der Waals surface area contributed by atoms with Gasteiger partial charge in [-0.05, 0) is 18.9 Å². The predicted octanol–water partition coefficient (Wildman–Crippen LogP) is 2.53. The van der Waals surface area contributed by atoms with E-state index in [0.717, 1.165) is 25.7 Å². The van der Waals surface area contributed by atoms with Gasteiger partial charge in [-0.15, -0.1) is 0 Å². The minimum Gasteiger partial charge on any atom is -0.393 e. The van der Waals surface area contributed by atoms with E-state index >= 15 is 0 Å². The average molecular weight is 313 g/mol. The highest BCUT2D eigenvalue weighted by Gasteiger charge is 2.26. The molecule has 0 saturated heterocycles. The number of nitro groups is 1. The summed E-state index contributed by atoms with van der Waals surface area (Å²) in [5.74, 6) is -0.589. The molecule has 1 aliphatic rings. The number of halogens is 1. The van der Waals surface area contributed by atoms with Crippen molar-refractivity contribution in [2.75, 3.05) is 6.54 Å². The van der Waals surface area contributed by atoms with Crippen molar-refractivity contribution in [3.05, 3.63) is 38.9 Å². The fourth-order valence-electron chi connectivity index (χ4n) is 2.63. The van der Waals surface area contributed by atoms with Gasteiger partial charge in [-0.25, -0.2) is 0 Å². The molecule has 6 nitrogen and oxygen atoms in total. The zero-order chi connectivity index (χ0) is 15.4. The Balaban J connectivity index is 2.08. The summed E-state index contributed by atoms with van der Waals surface area (Å²) in [5, 5.41) is 23.5. The molecule has 0 spiro atoms. The lowest BCUT2D eigenvalue weighted by atomic mass is 9.86. The monoisotopic (exact) mass is 312 g/mol. The summed E-state index contributed by atoms with van der Waals surface area (Å²) >= 11 is 5.90. The normalized spacial score (nSPS) is 21.8. The standard InChI is InChI=1S/C14H17ClN2O4/c15-10-5-3-6-11(17(20)21)13(10)14(19)16-8-9-4-1-2-7-12(9)18/h3,5-6,9,12,18H,1-2,4,7-8H2,(H,16,19). The number of hydrogen-bond donors (Lipinski definition) is 2. The topological polar surface area (TPSA) is 92.5 Å². The van der Waals surface area contributed by atoms with E-state index in [1.54, 1.807) is 0 Å². The first kappa shape index (κ1) is 15.7. The van der Waals surface area contributed by atoms with Crippen molar-refractivity contribution in [3.8, 4) is 0 Å². The summed E-state index contributed by atoms with van der Waals surface area (Å²) in [6, 6.07) is 4.12. The number of nitro benzene ring substituents is 1. The SMILES string of the molecule is O=C(NCC1CCCCC1O)c1c(Cl)cccc1[N+](=O)[O-]. The quantitative estimate of drug-likeness (QED) is 0.660. The van der Waals surface area contributed by atoms with Gasteiger partial charge < -0.3 is 10.4 Å². The Labute approximate surface area is 127 Å². The van der Waals surface area contributed by atoms with Crippen molar-refractivity contribution < 1.29 is 14.8 Å². The van der Waals surface area contributed by atoms with Crippen molar-refractivity contribution in [2.45, 2.75) is 31.8 Å². The molecule has 0 aromatic heterocycles. The summed E-state index contributed by atoms with van der Waals surface area (Å²) in [7, 11) is 0. The van der Waals surface area contributed by atoms with Crippen molar-refractivity contribution in [1.29, 1.82) is 0 Å². The number of nitrogens with one attached hydrogen (secondary N) is 1. The van der Waals surface area contributed by atoms with Crippen LogP contribution >= 0.6 is 11.6 Å². The lowest BCUT2D eigenvalue weighted by molar-refractivity contribution is -0.385. The lowest BCUT2D eigenvalue weighted by Gasteiger charge is -2.27. The van der Waals surface area contributed by atoms with Gasteiger partial charge in [0.1, 0.15) is 5.56 Å². The minimum atomic E-state index is -0.629. The molecule has 0 heterocycles. The van der Waals surface area contributed by atoms with Crippen LogP contribution in [-0.2, 0) is 0 Å². The Kier molecular flexibility index (Phi) is 5.14. The number of carbonyl (C=O) groups excluding carboxylic acids is 1. The van der Waals surface area contributed by atoms with Crippen LogP contribution in [0.4, 0.5) is 5.69 Å². The highest BCUT2D eigenvalue weighted by molar-refractivity contribution is 6.34. The van der Waals surface area contributed by atoms with E-state index in [2.05, 4.69) is 5.32 Å². The van der Waals surface area contributed by atoms with Crippen molar-refractivity contribution in [3.63, 3.8) is 0 Å². The van der Waals surface area contributed by atoms with E-state index in [4.69, 9.17) is 11.6 Å². The van der Waals surface area contributed by atoms with Crippen LogP contribution in [0.15, 0.2) is 18.2 Å². The van der Waals surface area contributed by atoms with Crippen molar-refractivity contribution in [2.24, 2.45) is 5.92 Å². The average Bonchev–Trinajstić information content (AvgIpc) is 2.45. The first-order valence-electron chi connectivity index (χ1n) is 6.90. The highest BCUT2D eigenvalue weighted by atomic mass is 35.5. The van der Waals surface area contributed by atoms with Gasteiger partial charge in [-0.2, -0.15) is 0 Å². The maximum Gasteiger partial charge on any atom is 0.283 e. The molecule has 21 heavy (non-hydrogen) atoms. The number of rotatable bonds is 4. The van der Waals surface area contributed by atoms with Gasteiger partial charge in [-0.1, -0.05) is 30.5 Å². The summed E-state index contributed by atoms with van der Waals surface area (Å²) in [5.41, 5.74) is -0.446. The summed E-state index contributed by atoms with van der Waals surface area (Å²) in [4.78, 5) is 22.5. The Morgan fingerprint density at radius 2 is 2.14 bits per heavy atom. The van der Waals surface area contributed by atoms with Crippen LogP contribution in [0.25, 0.3) is 0 Å². The maximum atomic E-state index is 12.2. The number of aliphatic hydroxyl groups is 1. The third kappa shape index (κ3) is 3.71. The van der Waals surface area contributed by atoms with Crippen LogP contribution < -0.4 is 5.32 Å². The molecule has 1 amide bonds. The highest BCUT2D eigenvalue weighted by Crippen LogP contribution is 2.27. The second-order valence-electron chi connectivity index (χ2n) is 5.21. The van der Waals surface area contributed by atoms with E-state index in [1.807, 2.05) is 0 Å². The van der Waals surface area contributed by atoms with Gasteiger partial charge in [0, 0.05) is 18.5 Å². The van der Waals surface area contributed by atoms with Crippen molar-refractivity contribution >= 4 is 23.2 Å². The number of hydrogen-bond acceptors (Lipinski definition) is 4. The summed E-state index contributed by atoms with van der Waals surface area (Å²) in [6.45, 7) is 0.294. The molecule has 114 valence electrons. The molecule has 0 aliphatic heterocycles. The predicted molar refractivity (Wildman–Crippen MR) is 78.4 cm³/mol. The Morgan fingerprint density at radius 3 is 2.81 bits per heavy atom. The molecule has 7 heteroatoms. The molecule has 1 aromatic carbocycles. The summed E-state index contributed by atoms with van der Waals surface area (Å²) in [6.07, 6.45) is 3.14. The largest absolute Gasteiger partial charge is 0.393 e. The molecule has 1 aliphatic carbocycles. The van der Waals surface area contributed by atoms with Crippen LogP contribution in [0.1, 0.15) is 36.0 Å².